The topological polar surface area (TPSA) is 46.2 Å². The third kappa shape index (κ3) is 3.35. The first kappa shape index (κ1) is 15.8. The summed E-state index contributed by atoms with van der Waals surface area (Å²) in [5, 5.41) is 0. The fourth-order valence-electron chi connectivity index (χ4n) is 1.52. The first-order valence-corrected chi connectivity index (χ1v) is 7.61. The number of hydrogen-bond donors (Lipinski definition) is 1. The van der Waals surface area contributed by atoms with Crippen LogP contribution in [0.15, 0.2) is 39.7 Å². The molecule has 0 atom stereocenters. The number of rotatable bonds is 3. The van der Waals surface area contributed by atoms with Crippen molar-refractivity contribution in [1.29, 1.82) is 0 Å². The van der Waals surface area contributed by atoms with Gasteiger partial charge < -0.3 is 0 Å². The van der Waals surface area contributed by atoms with Crippen LogP contribution in [0.25, 0.3) is 0 Å². The summed E-state index contributed by atoms with van der Waals surface area (Å²) in [6.45, 7) is 0. The molecule has 2 rings (SSSR count). The van der Waals surface area contributed by atoms with E-state index in [2.05, 4.69) is 15.9 Å². The van der Waals surface area contributed by atoms with Crippen molar-refractivity contribution in [2.75, 3.05) is 4.72 Å². The van der Waals surface area contributed by atoms with E-state index < -0.39 is 43.9 Å². The second-order valence-corrected chi connectivity index (χ2v) is 6.43. The van der Waals surface area contributed by atoms with Crippen molar-refractivity contribution in [3.8, 4) is 0 Å². The Kier molecular flexibility index (Phi) is 4.24. The maximum Gasteiger partial charge on any atom is 0.263 e. The van der Waals surface area contributed by atoms with Crippen molar-refractivity contribution in [3.63, 3.8) is 0 Å². The Balaban J connectivity index is 2.47. The fraction of sp³-hybridized carbons (Fsp3) is 0. The predicted molar refractivity (Wildman–Crippen MR) is 71.2 cm³/mol. The summed E-state index contributed by atoms with van der Waals surface area (Å²) in [7, 11) is -4.38. The van der Waals surface area contributed by atoms with Crippen LogP contribution in [0.2, 0.25) is 0 Å². The van der Waals surface area contributed by atoms with Crippen LogP contribution in [0.4, 0.5) is 23.2 Å². The summed E-state index contributed by atoms with van der Waals surface area (Å²) in [6, 6.07) is 3.34. The average Bonchev–Trinajstić information content (AvgIpc) is 2.33. The summed E-state index contributed by atoms with van der Waals surface area (Å²) in [5.41, 5.74) is -1.02. The van der Waals surface area contributed by atoms with E-state index in [1.54, 1.807) is 4.72 Å². The van der Waals surface area contributed by atoms with E-state index in [9.17, 15) is 26.0 Å². The van der Waals surface area contributed by atoms with Gasteiger partial charge in [0.05, 0.1) is 0 Å². The lowest BCUT2D eigenvalue weighted by Gasteiger charge is -2.11. The molecule has 21 heavy (non-hydrogen) atoms. The SMILES string of the molecule is O=S(=O)(Nc1c(F)cc(F)cc1F)c1ccc(F)cc1Br. The zero-order valence-corrected chi connectivity index (χ0v) is 12.4. The van der Waals surface area contributed by atoms with Gasteiger partial charge in [-0.2, -0.15) is 0 Å². The van der Waals surface area contributed by atoms with Gasteiger partial charge in [0, 0.05) is 16.6 Å². The Labute approximate surface area is 125 Å². The molecule has 9 heteroatoms. The maximum atomic E-state index is 13.4. The van der Waals surface area contributed by atoms with Gasteiger partial charge in [0.2, 0.25) is 0 Å². The van der Waals surface area contributed by atoms with Crippen LogP contribution in [0.5, 0.6) is 0 Å². The van der Waals surface area contributed by atoms with Gasteiger partial charge in [-0.05, 0) is 34.1 Å². The lowest BCUT2D eigenvalue weighted by molar-refractivity contribution is 0.547. The van der Waals surface area contributed by atoms with Crippen LogP contribution in [-0.2, 0) is 10.0 Å². The van der Waals surface area contributed by atoms with Crippen LogP contribution in [-0.4, -0.2) is 8.42 Å². The van der Waals surface area contributed by atoms with Gasteiger partial charge in [0.25, 0.3) is 10.0 Å². The van der Waals surface area contributed by atoms with Crippen LogP contribution in [0.3, 0.4) is 0 Å². The Morgan fingerprint density at radius 3 is 2.00 bits per heavy atom. The number of hydrogen-bond acceptors (Lipinski definition) is 2. The predicted octanol–water partition coefficient (Wildman–Crippen LogP) is 3.81. The molecule has 2 aromatic carbocycles. The number of benzene rings is 2. The van der Waals surface area contributed by atoms with Crippen molar-refractivity contribution in [1.82, 2.24) is 0 Å². The number of sulfonamides is 1. The Hall–Kier alpha value is -1.61. The Morgan fingerprint density at radius 1 is 0.905 bits per heavy atom. The monoisotopic (exact) mass is 383 g/mol. The second-order valence-electron chi connectivity index (χ2n) is 3.92. The molecule has 2 aromatic rings. The normalized spacial score (nSPS) is 11.5. The fourth-order valence-corrected chi connectivity index (χ4v) is 3.65. The van der Waals surface area contributed by atoms with Crippen molar-refractivity contribution < 1.29 is 26.0 Å². The highest BCUT2D eigenvalue weighted by molar-refractivity contribution is 9.10. The smallest absolute Gasteiger partial charge is 0.263 e. The highest BCUT2D eigenvalue weighted by Crippen LogP contribution is 2.27. The molecule has 0 fully saturated rings. The van der Waals surface area contributed by atoms with Crippen molar-refractivity contribution in [2.45, 2.75) is 4.90 Å². The molecule has 0 aliphatic carbocycles. The molecule has 0 unspecified atom stereocenters. The molecule has 112 valence electrons. The largest absolute Gasteiger partial charge is 0.274 e. The summed E-state index contributed by atoms with van der Waals surface area (Å²) in [4.78, 5) is -0.424. The van der Waals surface area contributed by atoms with E-state index in [1.165, 1.54) is 0 Å². The van der Waals surface area contributed by atoms with Crippen LogP contribution < -0.4 is 4.72 Å². The first-order valence-electron chi connectivity index (χ1n) is 5.33. The minimum Gasteiger partial charge on any atom is -0.274 e. The summed E-state index contributed by atoms with van der Waals surface area (Å²) < 4.78 is 78.2. The van der Waals surface area contributed by atoms with Gasteiger partial charge >= 0.3 is 0 Å². The zero-order chi connectivity index (χ0) is 15.8. The van der Waals surface area contributed by atoms with Gasteiger partial charge in [-0.1, -0.05) is 0 Å². The van der Waals surface area contributed by atoms with Crippen LogP contribution in [0.1, 0.15) is 0 Å². The van der Waals surface area contributed by atoms with Gasteiger partial charge in [-0.3, -0.25) is 4.72 Å². The lowest BCUT2D eigenvalue weighted by atomic mass is 10.3. The first-order chi connectivity index (χ1) is 9.70. The molecule has 0 saturated heterocycles. The van der Waals surface area contributed by atoms with Crippen molar-refractivity contribution in [2.24, 2.45) is 0 Å². The molecule has 0 aromatic heterocycles. The molecule has 1 N–H and O–H groups in total. The quantitative estimate of drug-likeness (QED) is 0.819. The Bertz CT molecular complexity index is 788. The van der Waals surface area contributed by atoms with Gasteiger partial charge in [-0.15, -0.1) is 0 Å². The molecular formula is C12H6BrF4NO2S. The molecule has 3 nitrogen and oxygen atoms in total. The molecule has 0 bridgehead atoms. The minimum atomic E-state index is -4.38. The maximum absolute atomic E-state index is 13.4. The number of nitrogens with one attached hydrogen (secondary N) is 1. The van der Waals surface area contributed by atoms with Gasteiger partial charge in [0.15, 0.2) is 11.6 Å². The van der Waals surface area contributed by atoms with E-state index in [4.69, 9.17) is 0 Å². The van der Waals surface area contributed by atoms with E-state index >= 15 is 0 Å². The van der Waals surface area contributed by atoms with Crippen molar-refractivity contribution in [3.05, 3.63) is 58.1 Å². The van der Waals surface area contributed by atoms with Crippen LogP contribution in [0, 0.1) is 23.3 Å². The molecule has 0 amide bonds. The zero-order valence-electron chi connectivity index (χ0n) is 10.0. The second kappa shape index (κ2) is 5.64. The molecule has 0 radical (unpaired) electrons. The van der Waals surface area contributed by atoms with Gasteiger partial charge in [0.1, 0.15) is 22.2 Å². The Morgan fingerprint density at radius 2 is 1.48 bits per heavy atom. The van der Waals surface area contributed by atoms with Crippen molar-refractivity contribution >= 4 is 31.6 Å². The lowest BCUT2D eigenvalue weighted by Crippen LogP contribution is -2.16. The van der Waals surface area contributed by atoms with E-state index in [0.717, 1.165) is 18.2 Å². The minimum absolute atomic E-state index is 0.127. The third-order valence-corrected chi connectivity index (χ3v) is 4.75. The third-order valence-electron chi connectivity index (χ3n) is 2.43. The average molecular weight is 384 g/mol. The molecular weight excluding hydrogens is 378 g/mol. The summed E-state index contributed by atoms with van der Waals surface area (Å²) in [5.74, 6) is -4.69. The number of halogens is 5. The molecule has 0 aliphatic heterocycles. The standard InChI is InChI=1S/C12H6BrF4NO2S/c13-8-3-6(14)1-2-11(8)21(19,20)18-12-9(16)4-7(15)5-10(12)17/h1-5,18H. The highest BCUT2D eigenvalue weighted by Gasteiger charge is 2.22. The molecule has 0 saturated carbocycles. The summed E-state index contributed by atoms with van der Waals surface area (Å²) in [6.07, 6.45) is 0. The molecule has 0 heterocycles. The van der Waals surface area contributed by atoms with E-state index in [0.29, 0.717) is 12.1 Å². The van der Waals surface area contributed by atoms with E-state index in [1.807, 2.05) is 0 Å². The molecule has 0 aliphatic rings. The van der Waals surface area contributed by atoms with Crippen LogP contribution >= 0.6 is 15.9 Å². The number of anilines is 1. The highest BCUT2D eigenvalue weighted by atomic mass is 79.9. The van der Waals surface area contributed by atoms with Gasteiger partial charge in [-0.25, -0.2) is 26.0 Å². The molecule has 0 spiro atoms. The summed E-state index contributed by atoms with van der Waals surface area (Å²) >= 11 is 2.84. The van der Waals surface area contributed by atoms with E-state index in [-0.39, 0.29) is 4.47 Å².